The molecule has 5 nitrogen and oxygen atoms in total. The van der Waals surface area contributed by atoms with Crippen molar-refractivity contribution in [3.05, 3.63) is 23.9 Å². The standard InChI is InChI=1S/C17H28N4O/c1-3-21(4-2)16-9-8-13(11-19-16)12-20-17(22)10-14-6-5-7-15(14)18/h8-9,11,14-15H,3-7,10,12,18H2,1-2H3,(H,20,22)/t14-,15+/m0/s1. The topological polar surface area (TPSA) is 71.2 Å². The lowest BCUT2D eigenvalue weighted by Gasteiger charge is -2.19. The van der Waals surface area contributed by atoms with E-state index >= 15 is 0 Å². The number of amides is 1. The highest BCUT2D eigenvalue weighted by molar-refractivity contribution is 5.76. The first-order valence-electron chi connectivity index (χ1n) is 8.36. The summed E-state index contributed by atoms with van der Waals surface area (Å²) in [5.74, 6) is 1.43. The number of hydrogen-bond donors (Lipinski definition) is 2. The summed E-state index contributed by atoms with van der Waals surface area (Å²) in [5.41, 5.74) is 7.04. The predicted molar refractivity (Wildman–Crippen MR) is 89.6 cm³/mol. The van der Waals surface area contributed by atoms with Gasteiger partial charge in [0.25, 0.3) is 0 Å². The number of nitrogens with one attached hydrogen (secondary N) is 1. The Balaban J connectivity index is 1.80. The third-order valence-electron chi connectivity index (χ3n) is 4.55. The van der Waals surface area contributed by atoms with Gasteiger partial charge in [-0.2, -0.15) is 0 Å². The first-order chi connectivity index (χ1) is 10.6. The second-order valence-corrected chi connectivity index (χ2v) is 6.03. The lowest BCUT2D eigenvalue weighted by atomic mass is 10.00. The molecule has 1 aliphatic rings. The van der Waals surface area contributed by atoms with Gasteiger partial charge in [-0.1, -0.05) is 12.5 Å². The van der Waals surface area contributed by atoms with Crippen molar-refractivity contribution < 1.29 is 4.79 Å². The maximum absolute atomic E-state index is 12.0. The Bertz CT molecular complexity index is 470. The highest BCUT2D eigenvalue weighted by Crippen LogP contribution is 2.26. The van der Waals surface area contributed by atoms with E-state index < -0.39 is 0 Å². The van der Waals surface area contributed by atoms with Crippen LogP contribution < -0.4 is 16.0 Å². The average molecular weight is 304 g/mol. The first-order valence-corrected chi connectivity index (χ1v) is 8.36. The lowest BCUT2D eigenvalue weighted by molar-refractivity contribution is -0.122. The number of carbonyl (C=O) groups is 1. The molecule has 3 N–H and O–H groups in total. The molecule has 1 saturated carbocycles. The summed E-state index contributed by atoms with van der Waals surface area (Å²) in [5, 5.41) is 2.97. The fraction of sp³-hybridized carbons (Fsp3) is 0.647. The highest BCUT2D eigenvalue weighted by atomic mass is 16.1. The van der Waals surface area contributed by atoms with Gasteiger partial charge in [-0.05, 0) is 44.2 Å². The molecule has 5 heteroatoms. The zero-order chi connectivity index (χ0) is 15.9. The van der Waals surface area contributed by atoms with Crippen LogP contribution in [-0.2, 0) is 11.3 Å². The smallest absolute Gasteiger partial charge is 0.220 e. The Morgan fingerprint density at radius 1 is 1.36 bits per heavy atom. The molecule has 1 amide bonds. The minimum absolute atomic E-state index is 0.0927. The molecule has 1 fully saturated rings. The molecule has 22 heavy (non-hydrogen) atoms. The van der Waals surface area contributed by atoms with Crippen molar-refractivity contribution in [3.8, 4) is 0 Å². The molecular weight excluding hydrogens is 276 g/mol. The summed E-state index contributed by atoms with van der Waals surface area (Å²) >= 11 is 0. The van der Waals surface area contributed by atoms with Crippen LogP contribution in [0.15, 0.2) is 18.3 Å². The summed E-state index contributed by atoms with van der Waals surface area (Å²) < 4.78 is 0. The molecule has 0 unspecified atom stereocenters. The fourth-order valence-electron chi connectivity index (χ4n) is 3.09. The second-order valence-electron chi connectivity index (χ2n) is 6.03. The van der Waals surface area contributed by atoms with Gasteiger partial charge in [0, 0.05) is 38.3 Å². The van der Waals surface area contributed by atoms with Crippen LogP contribution in [0.25, 0.3) is 0 Å². The fourth-order valence-corrected chi connectivity index (χ4v) is 3.09. The van der Waals surface area contributed by atoms with Crippen molar-refractivity contribution >= 4 is 11.7 Å². The molecule has 1 aromatic rings. The lowest BCUT2D eigenvalue weighted by Crippen LogP contribution is -2.31. The van der Waals surface area contributed by atoms with Crippen LogP contribution in [0.3, 0.4) is 0 Å². The van der Waals surface area contributed by atoms with Crippen LogP contribution in [0.2, 0.25) is 0 Å². The molecule has 0 radical (unpaired) electrons. The zero-order valence-electron chi connectivity index (χ0n) is 13.7. The summed E-state index contributed by atoms with van der Waals surface area (Å²) in [7, 11) is 0. The minimum atomic E-state index is 0.0927. The van der Waals surface area contributed by atoms with Crippen molar-refractivity contribution in [2.24, 2.45) is 11.7 Å². The van der Waals surface area contributed by atoms with Crippen LogP contribution >= 0.6 is 0 Å². The molecule has 0 saturated heterocycles. The van der Waals surface area contributed by atoms with E-state index in [0.717, 1.165) is 43.7 Å². The van der Waals surface area contributed by atoms with Crippen LogP contribution in [0.5, 0.6) is 0 Å². The third-order valence-corrected chi connectivity index (χ3v) is 4.55. The second kappa shape index (κ2) is 8.13. The SMILES string of the molecule is CCN(CC)c1ccc(CNC(=O)C[C@@H]2CCC[C@H]2N)cn1. The van der Waals surface area contributed by atoms with Crippen molar-refractivity contribution in [1.82, 2.24) is 10.3 Å². The first kappa shape index (κ1) is 16.7. The monoisotopic (exact) mass is 304 g/mol. The van der Waals surface area contributed by atoms with Crippen molar-refractivity contribution in [1.29, 1.82) is 0 Å². The van der Waals surface area contributed by atoms with Gasteiger partial charge < -0.3 is 16.0 Å². The van der Waals surface area contributed by atoms with E-state index in [1.807, 2.05) is 18.3 Å². The van der Waals surface area contributed by atoms with Crippen LogP contribution in [0.1, 0.15) is 45.1 Å². The van der Waals surface area contributed by atoms with E-state index in [0.29, 0.717) is 18.9 Å². The average Bonchev–Trinajstić information content (AvgIpc) is 2.93. The molecule has 1 aromatic heterocycles. The Morgan fingerprint density at radius 2 is 2.14 bits per heavy atom. The van der Waals surface area contributed by atoms with Crippen LogP contribution in [0.4, 0.5) is 5.82 Å². The molecule has 2 atom stereocenters. The molecule has 0 aromatic carbocycles. The largest absolute Gasteiger partial charge is 0.357 e. The van der Waals surface area contributed by atoms with Gasteiger partial charge in [-0.25, -0.2) is 4.98 Å². The van der Waals surface area contributed by atoms with Crippen LogP contribution in [0, 0.1) is 5.92 Å². The number of aromatic nitrogens is 1. The minimum Gasteiger partial charge on any atom is -0.357 e. The summed E-state index contributed by atoms with van der Waals surface area (Å²) in [4.78, 5) is 18.7. The zero-order valence-corrected chi connectivity index (χ0v) is 13.7. The van der Waals surface area contributed by atoms with E-state index in [1.54, 1.807) is 0 Å². The van der Waals surface area contributed by atoms with Crippen molar-refractivity contribution in [2.45, 2.75) is 52.1 Å². The molecular formula is C17H28N4O. The maximum atomic E-state index is 12.0. The Kier molecular flexibility index (Phi) is 6.19. The van der Waals surface area contributed by atoms with Gasteiger partial charge in [-0.3, -0.25) is 4.79 Å². The molecule has 0 bridgehead atoms. The molecule has 2 rings (SSSR count). The summed E-state index contributed by atoms with van der Waals surface area (Å²) in [6.45, 7) is 6.66. The van der Waals surface area contributed by atoms with Crippen molar-refractivity contribution in [2.75, 3.05) is 18.0 Å². The van der Waals surface area contributed by atoms with Gasteiger partial charge in [0.15, 0.2) is 0 Å². The van der Waals surface area contributed by atoms with E-state index in [9.17, 15) is 4.79 Å². The number of carbonyl (C=O) groups excluding carboxylic acids is 1. The normalized spacial score (nSPS) is 20.9. The molecule has 122 valence electrons. The molecule has 0 aliphatic heterocycles. The summed E-state index contributed by atoms with van der Waals surface area (Å²) in [6, 6.07) is 4.24. The quantitative estimate of drug-likeness (QED) is 0.809. The van der Waals surface area contributed by atoms with Gasteiger partial charge in [0.2, 0.25) is 5.91 Å². The van der Waals surface area contributed by atoms with E-state index in [4.69, 9.17) is 5.73 Å². The van der Waals surface area contributed by atoms with E-state index in [2.05, 4.69) is 29.0 Å². The maximum Gasteiger partial charge on any atom is 0.220 e. The highest BCUT2D eigenvalue weighted by Gasteiger charge is 2.25. The molecule has 0 spiro atoms. The predicted octanol–water partition coefficient (Wildman–Crippen LogP) is 2.06. The molecule has 1 aliphatic carbocycles. The van der Waals surface area contributed by atoms with Crippen LogP contribution in [-0.4, -0.2) is 30.0 Å². The number of pyridine rings is 1. The number of nitrogens with two attached hydrogens (primary N) is 1. The Labute approximate surface area is 133 Å². The van der Waals surface area contributed by atoms with Crippen molar-refractivity contribution in [3.63, 3.8) is 0 Å². The Morgan fingerprint density at radius 3 is 2.68 bits per heavy atom. The van der Waals surface area contributed by atoms with Gasteiger partial charge in [0.05, 0.1) is 0 Å². The number of hydrogen-bond acceptors (Lipinski definition) is 4. The van der Waals surface area contributed by atoms with Gasteiger partial charge in [0.1, 0.15) is 5.82 Å². The number of nitrogens with zero attached hydrogens (tertiary/aromatic N) is 2. The number of rotatable bonds is 7. The van der Waals surface area contributed by atoms with Gasteiger partial charge >= 0.3 is 0 Å². The Hall–Kier alpha value is -1.62. The van der Waals surface area contributed by atoms with E-state index in [-0.39, 0.29) is 11.9 Å². The molecule has 1 heterocycles. The van der Waals surface area contributed by atoms with E-state index in [1.165, 1.54) is 0 Å². The van der Waals surface area contributed by atoms with Gasteiger partial charge in [-0.15, -0.1) is 0 Å². The third kappa shape index (κ3) is 4.44. The number of anilines is 1. The summed E-state index contributed by atoms with van der Waals surface area (Å²) in [6.07, 6.45) is 5.67.